The quantitative estimate of drug-likeness (QED) is 0.670. The third kappa shape index (κ3) is 2.66. The van der Waals surface area contributed by atoms with Crippen molar-refractivity contribution in [1.29, 1.82) is 0 Å². The van der Waals surface area contributed by atoms with E-state index in [1.165, 1.54) is 0 Å². The van der Waals surface area contributed by atoms with Gasteiger partial charge in [0.05, 0.1) is 12.3 Å². The summed E-state index contributed by atoms with van der Waals surface area (Å²) in [5.41, 5.74) is 1.02. The Labute approximate surface area is 73.3 Å². The van der Waals surface area contributed by atoms with Gasteiger partial charge in [-0.3, -0.25) is 4.68 Å². The Balaban J connectivity index is 2.41. The maximum atomic E-state index is 5.24. The predicted octanol–water partition coefficient (Wildman–Crippen LogP) is 1.83. The highest BCUT2D eigenvalue weighted by Gasteiger charge is 1.96. The van der Waals surface area contributed by atoms with Gasteiger partial charge < -0.3 is 4.74 Å². The highest BCUT2D eigenvalue weighted by atomic mass is 16.5. The summed E-state index contributed by atoms with van der Waals surface area (Å²) in [6.45, 7) is 6.51. The normalized spacial score (nSPS) is 10.5. The molecule has 0 bridgehead atoms. The lowest BCUT2D eigenvalue weighted by molar-refractivity contribution is 0.130. The van der Waals surface area contributed by atoms with Gasteiger partial charge in [0.15, 0.2) is 0 Å². The molecule has 1 aromatic rings. The topological polar surface area (TPSA) is 27.1 Å². The average Bonchev–Trinajstić information content (AvgIpc) is 2.50. The van der Waals surface area contributed by atoms with Gasteiger partial charge in [0.1, 0.15) is 0 Å². The lowest BCUT2D eigenvalue weighted by Gasteiger charge is -1.97. The van der Waals surface area contributed by atoms with E-state index >= 15 is 0 Å². The van der Waals surface area contributed by atoms with E-state index in [-0.39, 0.29) is 0 Å². The molecule has 0 aliphatic carbocycles. The van der Waals surface area contributed by atoms with Crippen LogP contribution in [0.15, 0.2) is 12.3 Å². The van der Waals surface area contributed by atoms with E-state index in [9.17, 15) is 0 Å². The van der Waals surface area contributed by atoms with Crippen LogP contribution in [0.2, 0.25) is 0 Å². The zero-order chi connectivity index (χ0) is 8.81. The Morgan fingerprint density at radius 1 is 1.50 bits per heavy atom. The first-order valence-electron chi connectivity index (χ1n) is 4.47. The number of hydrogen-bond acceptors (Lipinski definition) is 2. The summed E-state index contributed by atoms with van der Waals surface area (Å²) in [5.74, 6) is 0. The molecule has 3 heteroatoms. The molecule has 0 fully saturated rings. The first-order valence-corrected chi connectivity index (χ1v) is 4.47. The molecule has 0 aliphatic rings. The molecule has 1 rings (SSSR count). The summed E-state index contributed by atoms with van der Waals surface area (Å²) in [7, 11) is 0. The fourth-order valence-electron chi connectivity index (χ4n) is 1.04. The molecule has 1 aromatic heterocycles. The zero-order valence-corrected chi connectivity index (χ0v) is 7.79. The van der Waals surface area contributed by atoms with Gasteiger partial charge in [-0.2, -0.15) is 5.10 Å². The van der Waals surface area contributed by atoms with Crippen LogP contribution in [0.4, 0.5) is 0 Å². The van der Waals surface area contributed by atoms with E-state index in [1.807, 2.05) is 23.9 Å². The van der Waals surface area contributed by atoms with Crippen LogP contribution in [0.25, 0.3) is 0 Å². The minimum Gasteiger partial charge on any atom is -0.375 e. The van der Waals surface area contributed by atoms with Gasteiger partial charge in [-0.05, 0) is 19.4 Å². The first-order chi connectivity index (χ1) is 5.86. The van der Waals surface area contributed by atoms with Crippen LogP contribution in [0.1, 0.15) is 26.0 Å². The predicted molar refractivity (Wildman–Crippen MR) is 47.8 cm³/mol. The molecule has 0 atom stereocenters. The van der Waals surface area contributed by atoms with Crippen molar-refractivity contribution in [2.75, 3.05) is 6.61 Å². The van der Waals surface area contributed by atoms with E-state index in [0.717, 1.165) is 25.3 Å². The molecule has 1 heterocycles. The summed E-state index contributed by atoms with van der Waals surface area (Å²) in [5, 5.41) is 4.33. The van der Waals surface area contributed by atoms with E-state index in [0.29, 0.717) is 6.61 Å². The second kappa shape index (κ2) is 4.93. The van der Waals surface area contributed by atoms with E-state index in [4.69, 9.17) is 4.74 Å². The Kier molecular flexibility index (Phi) is 3.80. The number of hydrogen-bond donors (Lipinski definition) is 0. The molecule has 0 spiro atoms. The van der Waals surface area contributed by atoms with Crippen molar-refractivity contribution in [3.63, 3.8) is 0 Å². The maximum absolute atomic E-state index is 5.24. The van der Waals surface area contributed by atoms with Gasteiger partial charge >= 0.3 is 0 Å². The highest BCUT2D eigenvalue weighted by Crippen LogP contribution is 1.98. The fourth-order valence-corrected chi connectivity index (χ4v) is 1.04. The maximum Gasteiger partial charge on any atom is 0.0906 e. The average molecular weight is 168 g/mol. The Morgan fingerprint density at radius 2 is 2.33 bits per heavy atom. The lowest BCUT2D eigenvalue weighted by Crippen LogP contribution is -1.99. The van der Waals surface area contributed by atoms with Crippen molar-refractivity contribution >= 4 is 0 Å². The first kappa shape index (κ1) is 9.26. The molecule has 0 saturated carbocycles. The van der Waals surface area contributed by atoms with Gasteiger partial charge in [-0.1, -0.05) is 6.92 Å². The molecule has 0 radical (unpaired) electrons. The molecule has 0 saturated heterocycles. The minimum absolute atomic E-state index is 0.632. The van der Waals surface area contributed by atoms with Crippen LogP contribution in [0.5, 0.6) is 0 Å². The summed E-state index contributed by atoms with van der Waals surface area (Å²) in [4.78, 5) is 0. The molecule has 0 N–H and O–H groups in total. The molecular weight excluding hydrogens is 152 g/mol. The monoisotopic (exact) mass is 168 g/mol. The molecular formula is C9H16N2O. The number of nitrogens with zero attached hydrogens (tertiary/aromatic N) is 2. The van der Waals surface area contributed by atoms with Crippen LogP contribution in [-0.4, -0.2) is 16.4 Å². The number of ether oxygens (including phenoxy) is 1. The SMILES string of the molecule is CCCn1ccc(COCC)n1. The zero-order valence-electron chi connectivity index (χ0n) is 7.79. The minimum atomic E-state index is 0.632. The van der Waals surface area contributed by atoms with Gasteiger partial charge in [-0.15, -0.1) is 0 Å². The summed E-state index contributed by atoms with van der Waals surface area (Å²) in [6.07, 6.45) is 3.12. The Hall–Kier alpha value is -0.830. The van der Waals surface area contributed by atoms with Crippen molar-refractivity contribution in [2.24, 2.45) is 0 Å². The van der Waals surface area contributed by atoms with Gasteiger partial charge in [0.25, 0.3) is 0 Å². The summed E-state index contributed by atoms with van der Waals surface area (Å²) < 4.78 is 7.19. The number of aryl methyl sites for hydroxylation is 1. The van der Waals surface area contributed by atoms with Crippen molar-refractivity contribution in [1.82, 2.24) is 9.78 Å². The van der Waals surface area contributed by atoms with Crippen LogP contribution in [-0.2, 0) is 17.9 Å². The summed E-state index contributed by atoms with van der Waals surface area (Å²) >= 11 is 0. The molecule has 0 amide bonds. The summed E-state index contributed by atoms with van der Waals surface area (Å²) in [6, 6.07) is 2.01. The Morgan fingerprint density at radius 3 is 3.00 bits per heavy atom. The molecule has 3 nitrogen and oxygen atoms in total. The van der Waals surface area contributed by atoms with E-state index in [2.05, 4.69) is 12.0 Å². The third-order valence-electron chi connectivity index (χ3n) is 1.60. The van der Waals surface area contributed by atoms with Crippen LogP contribution >= 0.6 is 0 Å². The molecule has 0 aromatic carbocycles. The van der Waals surface area contributed by atoms with Gasteiger partial charge in [-0.25, -0.2) is 0 Å². The smallest absolute Gasteiger partial charge is 0.0906 e. The standard InChI is InChI=1S/C9H16N2O/c1-3-6-11-7-5-9(10-11)8-12-4-2/h5,7H,3-4,6,8H2,1-2H3. The molecule has 0 unspecified atom stereocenters. The van der Waals surface area contributed by atoms with E-state index in [1.54, 1.807) is 0 Å². The van der Waals surface area contributed by atoms with Gasteiger partial charge in [0.2, 0.25) is 0 Å². The fraction of sp³-hybridized carbons (Fsp3) is 0.667. The van der Waals surface area contributed by atoms with Crippen LogP contribution in [0.3, 0.4) is 0 Å². The molecule has 12 heavy (non-hydrogen) atoms. The Bertz CT molecular complexity index is 220. The van der Waals surface area contributed by atoms with Crippen molar-refractivity contribution < 1.29 is 4.74 Å². The largest absolute Gasteiger partial charge is 0.375 e. The second-order valence-electron chi connectivity index (χ2n) is 2.71. The number of aromatic nitrogens is 2. The van der Waals surface area contributed by atoms with Crippen molar-refractivity contribution in [2.45, 2.75) is 33.4 Å². The molecule has 0 aliphatic heterocycles. The van der Waals surface area contributed by atoms with Crippen molar-refractivity contribution in [3.8, 4) is 0 Å². The van der Waals surface area contributed by atoms with E-state index < -0.39 is 0 Å². The lowest BCUT2D eigenvalue weighted by atomic mass is 10.5. The molecule has 68 valence electrons. The highest BCUT2D eigenvalue weighted by molar-refractivity contribution is 4.96. The third-order valence-corrected chi connectivity index (χ3v) is 1.60. The van der Waals surface area contributed by atoms with Crippen molar-refractivity contribution in [3.05, 3.63) is 18.0 Å². The van der Waals surface area contributed by atoms with Crippen LogP contribution in [0, 0.1) is 0 Å². The van der Waals surface area contributed by atoms with Crippen LogP contribution < -0.4 is 0 Å². The number of rotatable bonds is 5. The van der Waals surface area contributed by atoms with Gasteiger partial charge in [0, 0.05) is 19.3 Å². The second-order valence-corrected chi connectivity index (χ2v) is 2.71.